The molecule has 7 nitrogen and oxygen atoms in total. The van der Waals surface area contributed by atoms with Gasteiger partial charge in [-0.1, -0.05) is 12.1 Å². The van der Waals surface area contributed by atoms with Gasteiger partial charge in [-0.05, 0) is 68.9 Å². The van der Waals surface area contributed by atoms with Crippen LogP contribution < -0.4 is 5.32 Å². The number of aromatic nitrogens is 5. The lowest BCUT2D eigenvalue weighted by Crippen LogP contribution is -2.20. The Labute approximate surface area is 185 Å². The maximum Gasteiger partial charge on any atom is 0.246 e. The van der Waals surface area contributed by atoms with E-state index in [4.69, 9.17) is 0 Å². The average Bonchev–Trinajstić information content (AvgIpc) is 3.53. The normalized spacial score (nSPS) is 13.6. The van der Waals surface area contributed by atoms with Gasteiger partial charge in [0.2, 0.25) is 5.91 Å². The Bertz CT molecular complexity index is 1320. The van der Waals surface area contributed by atoms with Crippen molar-refractivity contribution in [1.29, 1.82) is 0 Å². The molecular weight excluding hydrogens is 407 g/mol. The van der Waals surface area contributed by atoms with E-state index in [0.29, 0.717) is 18.2 Å². The van der Waals surface area contributed by atoms with Crippen LogP contribution in [0, 0.1) is 26.6 Å². The third kappa shape index (κ3) is 3.77. The third-order valence-electron chi connectivity index (χ3n) is 6.04. The fraction of sp³-hybridized carbons (Fsp3) is 0.333. The van der Waals surface area contributed by atoms with Crippen LogP contribution in [0.25, 0.3) is 11.0 Å². The number of hydrogen-bond donors (Lipinski definition) is 1. The minimum absolute atomic E-state index is 0.0769. The van der Waals surface area contributed by atoms with Gasteiger partial charge in [-0.2, -0.15) is 10.2 Å². The second-order valence-corrected chi connectivity index (χ2v) is 8.49. The van der Waals surface area contributed by atoms with Crippen LogP contribution in [0.3, 0.4) is 0 Å². The second-order valence-electron chi connectivity index (χ2n) is 8.49. The highest BCUT2D eigenvalue weighted by atomic mass is 19.1. The first-order chi connectivity index (χ1) is 15.4. The Kier molecular flexibility index (Phi) is 5.00. The van der Waals surface area contributed by atoms with Crippen molar-refractivity contribution < 1.29 is 9.18 Å². The van der Waals surface area contributed by atoms with Crippen molar-refractivity contribution in [3.05, 3.63) is 70.6 Å². The zero-order valence-corrected chi connectivity index (χ0v) is 18.4. The van der Waals surface area contributed by atoms with E-state index in [1.807, 2.05) is 25.5 Å². The van der Waals surface area contributed by atoms with Gasteiger partial charge in [0.05, 0.1) is 29.3 Å². The van der Waals surface area contributed by atoms with Gasteiger partial charge in [0.25, 0.3) is 0 Å². The molecule has 1 aromatic carbocycles. The molecule has 32 heavy (non-hydrogen) atoms. The van der Waals surface area contributed by atoms with Crippen molar-refractivity contribution in [2.24, 2.45) is 0 Å². The molecule has 0 radical (unpaired) electrons. The monoisotopic (exact) mass is 432 g/mol. The van der Waals surface area contributed by atoms with E-state index in [2.05, 4.69) is 26.6 Å². The van der Waals surface area contributed by atoms with E-state index in [0.717, 1.165) is 33.7 Å². The van der Waals surface area contributed by atoms with E-state index < -0.39 is 0 Å². The standard InChI is InChI=1S/C24H25FN6O/c1-14-22-20(18-6-7-18)10-11-26-24(22)31(28-14)13-21(32)27-23-15(2)29-30(16(23)3)12-17-4-8-19(25)9-5-17/h4-5,8-11,18H,6-7,12-13H2,1-3H3,(H,27,32). The number of hydrogen-bond acceptors (Lipinski definition) is 4. The molecule has 0 aliphatic heterocycles. The van der Waals surface area contributed by atoms with E-state index in [9.17, 15) is 9.18 Å². The Hall–Kier alpha value is -3.55. The quantitative estimate of drug-likeness (QED) is 0.494. The fourth-order valence-electron chi connectivity index (χ4n) is 4.26. The van der Waals surface area contributed by atoms with Crippen molar-refractivity contribution >= 4 is 22.6 Å². The first kappa shape index (κ1) is 20.4. The summed E-state index contributed by atoms with van der Waals surface area (Å²) in [7, 11) is 0. The number of amides is 1. The fourth-order valence-corrected chi connectivity index (χ4v) is 4.26. The number of rotatable bonds is 6. The van der Waals surface area contributed by atoms with Crippen molar-refractivity contribution in [3.8, 4) is 0 Å². The number of anilines is 1. The molecule has 3 aromatic heterocycles. The second kappa shape index (κ2) is 7.85. The molecule has 3 heterocycles. The summed E-state index contributed by atoms with van der Waals surface area (Å²) >= 11 is 0. The minimum atomic E-state index is -0.268. The summed E-state index contributed by atoms with van der Waals surface area (Å²) < 4.78 is 16.7. The first-order valence-corrected chi connectivity index (χ1v) is 10.8. The van der Waals surface area contributed by atoms with E-state index in [1.54, 1.807) is 23.0 Å². The number of carbonyl (C=O) groups excluding carboxylic acids is 1. The molecule has 5 rings (SSSR count). The van der Waals surface area contributed by atoms with Gasteiger partial charge in [-0.15, -0.1) is 0 Å². The molecular formula is C24H25FN6O. The van der Waals surface area contributed by atoms with Gasteiger partial charge in [0.15, 0.2) is 5.65 Å². The predicted octanol–water partition coefficient (Wildman–Crippen LogP) is 4.26. The van der Waals surface area contributed by atoms with Crippen LogP contribution in [0.1, 0.15) is 47.0 Å². The summed E-state index contributed by atoms with van der Waals surface area (Å²) in [5.41, 5.74) is 6.14. The molecule has 8 heteroatoms. The van der Waals surface area contributed by atoms with Gasteiger partial charge < -0.3 is 5.32 Å². The number of aryl methyl sites for hydroxylation is 2. The smallest absolute Gasteiger partial charge is 0.246 e. The van der Waals surface area contributed by atoms with E-state index in [1.165, 1.54) is 30.5 Å². The molecule has 0 saturated heterocycles. The largest absolute Gasteiger partial charge is 0.321 e. The molecule has 1 aliphatic rings. The Morgan fingerprint density at radius 2 is 1.78 bits per heavy atom. The average molecular weight is 433 g/mol. The van der Waals surface area contributed by atoms with Crippen LogP contribution >= 0.6 is 0 Å². The summed E-state index contributed by atoms with van der Waals surface area (Å²) in [5, 5.41) is 13.2. The van der Waals surface area contributed by atoms with Crippen LogP contribution in [0.5, 0.6) is 0 Å². The summed E-state index contributed by atoms with van der Waals surface area (Å²) in [6, 6.07) is 8.41. The summed E-state index contributed by atoms with van der Waals surface area (Å²) in [5.74, 6) is 0.138. The number of halogens is 1. The van der Waals surface area contributed by atoms with Crippen molar-refractivity contribution in [2.75, 3.05) is 5.32 Å². The van der Waals surface area contributed by atoms with Crippen molar-refractivity contribution in [2.45, 2.75) is 52.6 Å². The lowest BCUT2D eigenvalue weighted by Gasteiger charge is -2.08. The number of carbonyl (C=O) groups is 1. The molecule has 0 unspecified atom stereocenters. The third-order valence-corrected chi connectivity index (χ3v) is 6.04. The van der Waals surface area contributed by atoms with Gasteiger partial charge >= 0.3 is 0 Å². The lowest BCUT2D eigenvalue weighted by atomic mass is 10.1. The van der Waals surface area contributed by atoms with E-state index >= 15 is 0 Å². The highest BCUT2D eigenvalue weighted by Gasteiger charge is 2.28. The summed E-state index contributed by atoms with van der Waals surface area (Å²) in [6.07, 6.45) is 4.20. The SMILES string of the molecule is Cc1nn(Cc2ccc(F)cc2)c(C)c1NC(=O)Cn1nc(C)c2c(C3CC3)ccnc21. The van der Waals surface area contributed by atoms with Crippen molar-refractivity contribution in [3.63, 3.8) is 0 Å². The van der Waals surface area contributed by atoms with Crippen LogP contribution in [-0.4, -0.2) is 30.5 Å². The molecule has 0 spiro atoms. The number of nitrogens with one attached hydrogen (secondary N) is 1. The molecule has 1 saturated carbocycles. The molecule has 164 valence electrons. The van der Waals surface area contributed by atoms with Crippen LogP contribution in [-0.2, 0) is 17.9 Å². The van der Waals surface area contributed by atoms with Crippen molar-refractivity contribution in [1.82, 2.24) is 24.5 Å². The topological polar surface area (TPSA) is 77.6 Å². The van der Waals surface area contributed by atoms with Crippen LogP contribution in [0.4, 0.5) is 10.1 Å². The summed E-state index contributed by atoms with van der Waals surface area (Å²) in [4.78, 5) is 17.4. The maximum absolute atomic E-state index is 13.2. The molecule has 1 aliphatic carbocycles. The molecule has 1 amide bonds. The molecule has 0 atom stereocenters. The van der Waals surface area contributed by atoms with Crippen LogP contribution in [0.15, 0.2) is 36.5 Å². The number of nitrogens with zero attached hydrogens (tertiary/aromatic N) is 5. The molecule has 1 fully saturated rings. The van der Waals surface area contributed by atoms with E-state index in [-0.39, 0.29) is 18.3 Å². The molecule has 4 aromatic rings. The van der Waals surface area contributed by atoms with Gasteiger partial charge in [-0.3, -0.25) is 9.48 Å². The van der Waals surface area contributed by atoms with Gasteiger partial charge in [-0.25, -0.2) is 14.1 Å². The Morgan fingerprint density at radius 3 is 2.50 bits per heavy atom. The minimum Gasteiger partial charge on any atom is -0.321 e. The first-order valence-electron chi connectivity index (χ1n) is 10.8. The van der Waals surface area contributed by atoms with Gasteiger partial charge in [0, 0.05) is 11.6 Å². The number of fused-ring (bicyclic) bond motifs is 1. The number of benzene rings is 1. The highest BCUT2D eigenvalue weighted by molar-refractivity contribution is 5.93. The predicted molar refractivity (Wildman–Crippen MR) is 120 cm³/mol. The zero-order chi connectivity index (χ0) is 22.4. The van der Waals surface area contributed by atoms with Gasteiger partial charge in [0.1, 0.15) is 12.4 Å². The number of pyridine rings is 1. The molecule has 0 bridgehead atoms. The lowest BCUT2D eigenvalue weighted by molar-refractivity contribution is -0.116. The summed E-state index contributed by atoms with van der Waals surface area (Å²) in [6.45, 7) is 6.32. The molecule has 1 N–H and O–H groups in total. The Balaban J connectivity index is 1.35. The highest BCUT2D eigenvalue weighted by Crippen LogP contribution is 2.43. The maximum atomic E-state index is 13.2. The Morgan fingerprint density at radius 1 is 1.06 bits per heavy atom. The van der Waals surface area contributed by atoms with Crippen LogP contribution in [0.2, 0.25) is 0 Å². The zero-order valence-electron chi connectivity index (χ0n) is 18.4.